The largest absolute Gasteiger partial charge is 0.494 e. The normalized spacial score (nSPS) is 11.0. The second-order valence-corrected chi connectivity index (χ2v) is 7.32. The summed E-state index contributed by atoms with van der Waals surface area (Å²) >= 11 is 0. The molecule has 6 heteroatoms. The molecule has 0 amide bonds. The Morgan fingerprint density at radius 3 is 2.67 bits per heavy atom. The Morgan fingerprint density at radius 2 is 1.87 bits per heavy atom. The highest BCUT2D eigenvalue weighted by Gasteiger charge is 2.06. The third-order valence-corrected chi connectivity index (χ3v) is 5.08. The van der Waals surface area contributed by atoms with Crippen LogP contribution in [0.1, 0.15) is 18.7 Å². The first-order valence-corrected chi connectivity index (χ1v) is 10.1. The highest BCUT2D eigenvalue weighted by Crippen LogP contribution is 2.25. The molecule has 4 aromatic rings. The molecule has 0 saturated heterocycles. The van der Waals surface area contributed by atoms with Crippen molar-refractivity contribution in [1.82, 2.24) is 14.5 Å². The smallest absolute Gasteiger partial charge is 0.131 e. The van der Waals surface area contributed by atoms with Crippen molar-refractivity contribution in [2.24, 2.45) is 0 Å². The van der Waals surface area contributed by atoms with Crippen LogP contribution in [-0.4, -0.2) is 34.7 Å². The van der Waals surface area contributed by atoms with Gasteiger partial charge in [-0.05, 0) is 74.4 Å². The fourth-order valence-corrected chi connectivity index (χ4v) is 3.45. The SMILES string of the molecule is Cc1nccc(N(C)CCCCOc2ccc3c(ccn3-c3ccc(F)cc3)c2)n1. The third-order valence-electron chi connectivity index (χ3n) is 5.08. The number of fused-ring (bicyclic) bond motifs is 1. The lowest BCUT2D eigenvalue weighted by atomic mass is 10.2. The van der Waals surface area contributed by atoms with Crippen LogP contribution in [0.5, 0.6) is 5.75 Å². The molecule has 154 valence electrons. The summed E-state index contributed by atoms with van der Waals surface area (Å²) in [6, 6.07) is 16.5. The van der Waals surface area contributed by atoms with Gasteiger partial charge in [0.1, 0.15) is 23.2 Å². The molecule has 2 aromatic carbocycles. The molecule has 0 aliphatic heterocycles. The molecule has 2 heterocycles. The van der Waals surface area contributed by atoms with E-state index in [1.54, 1.807) is 18.3 Å². The Bertz CT molecular complexity index is 1120. The second-order valence-electron chi connectivity index (χ2n) is 7.32. The van der Waals surface area contributed by atoms with Gasteiger partial charge >= 0.3 is 0 Å². The molecule has 0 spiro atoms. The number of rotatable bonds is 8. The predicted molar refractivity (Wildman–Crippen MR) is 118 cm³/mol. The number of ether oxygens (including phenoxy) is 1. The first-order valence-electron chi connectivity index (χ1n) is 10.1. The van der Waals surface area contributed by atoms with Crippen LogP contribution in [0.4, 0.5) is 10.2 Å². The molecule has 0 bridgehead atoms. The van der Waals surface area contributed by atoms with Gasteiger partial charge in [-0.2, -0.15) is 0 Å². The van der Waals surface area contributed by atoms with Gasteiger partial charge in [0.25, 0.3) is 0 Å². The van der Waals surface area contributed by atoms with Crippen molar-refractivity contribution in [3.05, 3.63) is 78.6 Å². The minimum atomic E-state index is -0.232. The molecule has 0 fully saturated rings. The first kappa shape index (κ1) is 19.9. The summed E-state index contributed by atoms with van der Waals surface area (Å²) in [6.07, 6.45) is 5.76. The number of anilines is 1. The maximum Gasteiger partial charge on any atom is 0.131 e. The summed E-state index contributed by atoms with van der Waals surface area (Å²) in [5.41, 5.74) is 2.00. The molecule has 2 aromatic heterocycles. The van der Waals surface area contributed by atoms with Crippen molar-refractivity contribution in [3.8, 4) is 11.4 Å². The quantitative estimate of drug-likeness (QED) is 0.380. The van der Waals surface area contributed by atoms with Gasteiger partial charge in [-0.25, -0.2) is 14.4 Å². The van der Waals surface area contributed by atoms with Gasteiger partial charge in [-0.1, -0.05) is 0 Å². The summed E-state index contributed by atoms with van der Waals surface area (Å²) in [5.74, 6) is 2.36. The lowest BCUT2D eigenvalue weighted by Gasteiger charge is -2.18. The number of hydrogen-bond acceptors (Lipinski definition) is 4. The fourth-order valence-electron chi connectivity index (χ4n) is 3.45. The van der Waals surface area contributed by atoms with Gasteiger partial charge in [0.2, 0.25) is 0 Å². The zero-order valence-corrected chi connectivity index (χ0v) is 17.3. The summed E-state index contributed by atoms with van der Waals surface area (Å²) in [5, 5.41) is 1.09. The zero-order chi connectivity index (χ0) is 20.9. The van der Waals surface area contributed by atoms with Crippen molar-refractivity contribution in [2.75, 3.05) is 25.1 Å². The fraction of sp³-hybridized carbons (Fsp3) is 0.250. The Morgan fingerprint density at radius 1 is 1.03 bits per heavy atom. The van der Waals surface area contributed by atoms with Crippen molar-refractivity contribution >= 4 is 16.7 Å². The highest BCUT2D eigenvalue weighted by molar-refractivity contribution is 5.83. The van der Waals surface area contributed by atoms with Gasteiger partial charge in [0.05, 0.1) is 12.1 Å². The number of aryl methyl sites for hydroxylation is 1. The van der Waals surface area contributed by atoms with Crippen molar-refractivity contribution in [3.63, 3.8) is 0 Å². The molecule has 0 saturated carbocycles. The molecule has 4 rings (SSSR count). The van der Waals surface area contributed by atoms with E-state index in [1.807, 2.05) is 55.1 Å². The highest BCUT2D eigenvalue weighted by atomic mass is 19.1. The van der Waals surface area contributed by atoms with E-state index in [9.17, 15) is 4.39 Å². The number of aromatic nitrogens is 3. The molecule has 0 aliphatic carbocycles. The van der Waals surface area contributed by atoms with Crippen LogP contribution in [0.15, 0.2) is 67.0 Å². The standard InChI is InChI=1S/C24H25FN4O/c1-18-26-13-11-24(27-18)28(2)14-3-4-16-30-22-9-10-23-19(17-22)12-15-29(23)21-7-5-20(25)6-8-21/h5-13,15,17H,3-4,14,16H2,1-2H3. The molecule has 0 radical (unpaired) electrons. The molecule has 0 N–H and O–H groups in total. The van der Waals surface area contributed by atoms with E-state index in [0.717, 1.165) is 53.4 Å². The summed E-state index contributed by atoms with van der Waals surface area (Å²) in [4.78, 5) is 10.7. The van der Waals surface area contributed by atoms with E-state index in [4.69, 9.17) is 4.74 Å². The van der Waals surface area contributed by atoms with Gasteiger partial charge < -0.3 is 14.2 Å². The molecule has 5 nitrogen and oxygen atoms in total. The zero-order valence-electron chi connectivity index (χ0n) is 17.3. The minimum Gasteiger partial charge on any atom is -0.494 e. The van der Waals surface area contributed by atoms with E-state index in [0.29, 0.717) is 6.61 Å². The van der Waals surface area contributed by atoms with E-state index < -0.39 is 0 Å². The number of benzene rings is 2. The Kier molecular flexibility index (Phi) is 5.93. The van der Waals surface area contributed by atoms with E-state index in [2.05, 4.69) is 14.9 Å². The maximum absolute atomic E-state index is 13.2. The van der Waals surface area contributed by atoms with Crippen molar-refractivity contribution in [1.29, 1.82) is 0 Å². The molecule has 0 atom stereocenters. The molecule has 30 heavy (non-hydrogen) atoms. The number of nitrogens with zero attached hydrogens (tertiary/aromatic N) is 4. The third kappa shape index (κ3) is 4.59. The lowest BCUT2D eigenvalue weighted by molar-refractivity contribution is 0.308. The van der Waals surface area contributed by atoms with E-state index in [1.165, 1.54) is 12.1 Å². The van der Waals surface area contributed by atoms with Crippen LogP contribution in [0, 0.1) is 12.7 Å². The number of unbranched alkanes of at least 4 members (excludes halogenated alkanes) is 1. The molecule has 0 unspecified atom stereocenters. The first-order chi connectivity index (χ1) is 14.6. The van der Waals surface area contributed by atoms with Gasteiger partial charge in [-0.3, -0.25) is 0 Å². The second kappa shape index (κ2) is 8.95. The molecular weight excluding hydrogens is 379 g/mol. The molecule has 0 aliphatic rings. The van der Waals surface area contributed by atoms with Crippen LogP contribution >= 0.6 is 0 Å². The minimum absolute atomic E-state index is 0.232. The van der Waals surface area contributed by atoms with Crippen LogP contribution in [0.3, 0.4) is 0 Å². The van der Waals surface area contributed by atoms with Gasteiger partial charge in [0, 0.05) is 37.1 Å². The van der Waals surface area contributed by atoms with Gasteiger partial charge in [-0.15, -0.1) is 0 Å². The Labute approximate surface area is 175 Å². The van der Waals surface area contributed by atoms with Crippen LogP contribution < -0.4 is 9.64 Å². The van der Waals surface area contributed by atoms with E-state index in [-0.39, 0.29) is 5.82 Å². The van der Waals surface area contributed by atoms with Crippen molar-refractivity contribution in [2.45, 2.75) is 19.8 Å². The average Bonchev–Trinajstić information content (AvgIpc) is 3.17. The Balaban J connectivity index is 1.30. The summed E-state index contributed by atoms with van der Waals surface area (Å²) in [7, 11) is 2.04. The van der Waals surface area contributed by atoms with Crippen molar-refractivity contribution < 1.29 is 9.13 Å². The number of halogens is 1. The predicted octanol–water partition coefficient (Wildman–Crippen LogP) is 5.16. The van der Waals surface area contributed by atoms with Gasteiger partial charge in [0.15, 0.2) is 0 Å². The van der Waals surface area contributed by atoms with E-state index >= 15 is 0 Å². The molecular formula is C24H25FN4O. The lowest BCUT2D eigenvalue weighted by Crippen LogP contribution is -2.20. The number of hydrogen-bond donors (Lipinski definition) is 0. The van der Waals surface area contributed by atoms with Crippen LogP contribution in [0.25, 0.3) is 16.6 Å². The Hall–Kier alpha value is -3.41. The van der Waals surface area contributed by atoms with Crippen LogP contribution in [0.2, 0.25) is 0 Å². The summed E-state index contributed by atoms with van der Waals surface area (Å²) in [6.45, 7) is 3.48. The topological polar surface area (TPSA) is 43.2 Å². The maximum atomic E-state index is 13.2. The monoisotopic (exact) mass is 404 g/mol. The van der Waals surface area contributed by atoms with Crippen LogP contribution in [-0.2, 0) is 0 Å². The summed E-state index contributed by atoms with van der Waals surface area (Å²) < 4.78 is 21.2. The average molecular weight is 404 g/mol.